The molecule has 0 saturated carbocycles. The Kier molecular flexibility index (Phi) is 7.00. The summed E-state index contributed by atoms with van der Waals surface area (Å²) in [4.78, 5) is 17.9. The van der Waals surface area contributed by atoms with Crippen LogP contribution in [0.5, 0.6) is 5.75 Å². The fourth-order valence-electron chi connectivity index (χ4n) is 4.08. The Balaban J connectivity index is 1.51. The molecule has 33 heavy (non-hydrogen) atoms. The van der Waals surface area contributed by atoms with Crippen molar-refractivity contribution in [3.63, 3.8) is 0 Å². The maximum atomic E-state index is 11.0. The summed E-state index contributed by atoms with van der Waals surface area (Å²) < 4.78 is 16.3. The van der Waals surface area contributed by atoms with Gasteiger partial charge in [-0.25, -0.2) is 0 Å². The predicted octanol–water partition coefficient (Wildman–Crippen LogP) is 5.07. The fraction of sp³-hybridized carbons (Fsp3) is 0.400. The summed E-state index contributed by atoms with van der Waals surface area (Å²) in [6.07, 6.45) is 0.962. The van der Waals surface area contributed by atoms with Crippen LogP contribution in [0.15, 0.2) is 34.9 Å². The van der Waals surface area contributed by atoms with Crippen molar-refractivity contribution >= 4 is 17.6 Å². The molecule has 174 valence electrons. The van der Waals surface area contributed by atoms with E-state index in [1.165, 1.54) is 18.1 Å². The van der Waals surface area contributed by atoms with Crippen LogP contribution in [0.1, 0.15) is 37.5 Å². The Hall–Kier alpha value is -2.90. The van der Waals surface area contributed by atoms with E-state index >= 15 is 0 Å². The Labute approximate surface area is 198 Å². The molecule has 8 heteroatoms. The van der Waals surface area contributed by atoms with Gasteiger partial charge in [-0.1, -0.05) is 28.9 Å². The van der Waals surface area contributed by atoms with Crippen LogP contribution in [0, 0.1) is 6.92 Å². The van der Waals surface area contributed by atoms with Gasteiger partial charge in [0.1, 0.15) is 12.4 Å². The van der Waals surface area contributed by atoms with Crippen LogP contribution < -0.4 is 4.74 Å². The van der Waals surface area contributed by atoms with E-state index in [1.54, 1.807) is 6.07 Å². The molecule has 4 rings (SSSR count). The first-order chi connectivity index (χ1) is 15.8. The number of halogens is 1. The second-order valence-electron chi connectivity index (χ2n) is 8.48. The third-order valence-electron chi connectivity index (χ3n) is 5.69. The number of rotatable bonds is 7. The Morgan fingerprint density at radius 1 is 1.27 bits per heavy atom. The van der Waals surface area contributed by atoms with Gasteiger partial charge in [-0.2, -0.15) is 4.98 Å². The molecule has 1 aromatic heterocycles. The van der Waals surface area contributed by atoms with E-state index in [2.05, 4.69) is 28.0 Å². The van der Waals surface area contributed by atoms with Gasteiger partial charge < -0.3 is 14.0 Å². The zero-order valence-electron chi connectivity index (χ0n) is 19.4. The molecule has 0 N–H and O–H groups in total. The number of hydrogen-bond donors (Lipinski definition) is 0. The third-order valence-corrected chi connectivity index (χ3v) is 5.98. The number of benzene rings is 2. The minimum Gasteiger partial charge on any atom is -0.489 e. The van der Waals surface area contributed by atoms with Crippen molar-refractivity contribution in [2.75, 3.05) is 19.7 Å². The minimum absolute atomic E-state index is 0.0382. The highest BCUT2D eigenvalue weighted by atomic mass is 35.5. The van der Waals surface area contributed by atoms with Crippen molar-refractivity contribution in [2.45, 2.75) is 46.8 Å². The maximum absolute atomic E-state index is 11.0. The highest BCUT2D eigenvalue weighted by molar-refractivity contribution is 6.32. The Morgan fingerprint density at radius 2 is 2.09 bits per heavy atom. The van der Waals surface area contributed by atoms with Crippen LogP contribution in [0.4, 0.5) is 0 Å². The van der Waals surface area contributed by atoms with Crippen molar-refractivity contribution in [3.05, 3.63) is 52.0 Å². The number of aromatic nitrogens is 2. The lowest BCUT2D eigenvalue weighted by Crippen LogP contribution is -2.34. The van der Waals surface area contributed by atoms with Gasteiger partial charge in [0.05, 0.1) is 11.1 Å². The summed E-state index contributed by atoms with van der Waals surface area (Å²) >= 11 is 6.37. The van der Waals surface area contributed by atoms with Crippen LogP contribution >= 0.6 is 11.6 Å². The highest BCUT2D eigenvalue weighted by Crippen LogP contribution is 2.33. The molecular weight excluding hydrogens is 442 g/mol. The zero-order chi connectivity index (χ0) is 23.5. The smallest absolute Gasteiger partial charge is 0.302 e. The second kappa shape index (κ2) is 9.93. The number of ether oxygens (including phenoxy) is 2. The summed E-state index contributed by atoms with van der Waals surface area (Å²) in [6, 6.07) is 9.64. The molecule has 2 heterocycles. The molecule has 0 atom stereocenters. The molecule has 7 nitrogen and oxygen atoms in total. The number of fused-ring (bicyclic) bond motifs is 1. The molecule has 0 fully saturated rings. The number of carbonyl (C=O) groups excluding carboxylic acids is 1. The molecule has 0 aliphatic carbocycles. The van der Waals surface area contributed by atoms with Crippen molar-refractivity contribution in [1.29, 1.82) is 0 Å². The fourth-order valence-corrected chi connectivity index (χ4v) is 4.31. The van der Waals surface area contributed by atoms with Gasteiger partial charge in [-0.05, 0) is 62.1 Å². The molecule has 0 unspecified atom stereocenters. The van der Waals surface area contributed by atoms with E-state index in [4.69, 9.17) is 25.6 Å². The maximum Gasteiger partial charge on any atom is 0.302 e. The molecule has 2 aromatic carbocycles. The van der Waals surface area contributed by atoms with Gasteiger partial charge in [0.2, 0.25) is 5.82 Å². The van der Waals surface area contributed by atoms with Crippen molar-refractivity contribution in [2.24, 2.45) is 0 Å². The van der Waals surface area contributed by atoms with Crippen molar-refractivity contribution in [3.8, 4) is 28.6 Å². The zero-order valence-corrected chi connectivity index (χ0v) is 20.1. The van der Waals surface area contributed by atoms with Crippen LogP contribution in [0.2, 0.25) is 5.02 Å². The first-order valence-electron chi connectivity index (χ1n) is 11.1. The Morgan fingerprint density at radius 3 is 2.82 bits per heavy atom. The molecule has 1 aliphatic rings. The van der Waals surface area contributed by atoms with Crippen LogP contribution in [-0.4, -0.2) is 46.8 Å². The number of esters is 1. The largest absolute Gasteiger partial charge is 0.489 e. The summed E-state index contributed by atoms with van der Waals surface area (Å²) in [5.74, 6) is 1.36. The van der Waals surface area contributed by atoms with Gasteiger partial charge in [0.15, 0.2) is 0 Å². The topological polar surface area (TPSA) is 77.7 Å². The van der Waals surface area contributed by atoms with Crippen LogP contribution in [0.3, 0.4) is 0 Å². The molecule has 0 bridgehead atoms. The standard InChI is InChI=1S/C25H28ClN3O4/c1-15(2)32-23-8-6-18(13-22(23)26)25-27-24(28-33-25)21-7-5-19-14-29(11-12-31-17(4)30)10-9-20(19)16(21)3/h5-8,13,15H,9-12,14H2,1-4H3. The predicted molar refractivity (Wildman–Crippen MR) is 126 cm³/mol. The Bertz CT molecular complexity index is 1160. The van der Waals surface area contributed by atoms with E-state index in [9.17, 15) is 4.79 Å². The number of hydrogen-bond acceptors (Lipinski definition) is 7. The number of nitrogens with zero attached hydrogens (tertiary/aromatic N) is 3. The molecular formula is C25H28ClN3O4. The van der Waals surface area contributed by atoms with Gasteiger partial charge >= 0.3 is 5.97 Å². The van der Waals surface area contributed by atoms with E-state index < -0.39 is 0 Å². The molecule has 0 saturated heterocycles. The monoisotopic (exact) mass is 469 g/mol. The first kappa shape index (κ1) is 23.3. The van der Waals surface area contributed by atoms with Gasteiger partial charge in [-0.15, -0.1) is 0 Å². The molecule has 1 aliphatic heterocycles. The van der Waals surface area contributed by atoms with Gasteiger partial charge in [0, 0.05) is 37.7 Å². The summed E-state index contributed by atoms with van der Waals surface area (Å²) in [5.41, 5.74) is 5.47. The van der Waals surface area contributed by atoms with Crippen LogP contribution in [-0.2, 0) is 22.5 Å². The molecule has 0 radical (unpaired) electrons. The van der Waals surface area contributed by atoms with Gasteiger partial charge in [-0.3, -0.25) is 9.69 Å². The lowest BCUT2D eigenvalue weighted by molar-refractivity contribution is -0.141. The minimum atomic E-state index is -0.241. The average Bonchev–Trinajstić information content (AvgIpc) is 3.25. The van der Waals surface area contributed by atoms with Crippen LogP contribution in [0.25, 0.3) is 22.8 Å². The highest BCUT2D eigenvalue weighted by Gasteiger charge is 2.22. The quantitative estimate of drug-likeness (QED) is 0.447. The van der Waals surface area contributed by atoms with E-state index in [-0.39, 0.29) is 12.1 Å². The summed E-state index contributed by atoms with van der Waals surface area (Å²) in [6.45, 7) is 10.3. The third kappa shape index (κ3) is 5.37. The van der Waals surface area contributed by atoms with E-state index in [0.717, 1.165) is 42.7 Å². The van der Waals surface area contributed by atoms with Crippen molar-refractivity contribution in [1.82, 2.24) is 15.0 Å². The summed E-state index contributed by atoms with van der Waals surface area (Å²) in [7, 11) is 0. The molecule has 0 amide bonds. The normalized spacial score (nSPS) is 13.8. The molecule has 0 spiro atoms. The van der Waals surface area contributed by atoms with Crippen molar-refractivity contribution < 1.29 is 18.8 Å². The lowest BCUT2D eigenvalue weighted by atomic mass is 9.91. The first-order valence-corrected chi connectivity index (χ1v) is 11.5. The number of carbonyl (C=O) groups is 1. The van der Waals surface area contributed by atoms with Gasteiger partial charge in [0.25, 0.3) is 5.89 Å². The lowest BCUT2D eigenvalue weighted by Gasteiger charge is -2.30. The SMILES string of the molecule is CC(=O)OCCN1CCc2c(ccc(-c3noc(-c4ccc(OC(C)C)c(Cl)c4)n3)c2C)C1. The van der Waals surface area contributed by atoms with E-state index in [0.29, 0.717) is 29.1 Å². The second-order valence-corrected chi connectivity index (χ2v) is 8.88. The summed E-state index contributed by atoms with van der Waals surface area (Å²) in [5, 5.41) is 4.73. The molecule has 3 aromatic rings. The van der Waals surface area contributed by atoms with E-state index in [1.807, 2.05) is 32.0 Å². The average molecular weight is 470 g/mol.